The number of anilines is 1. The molecular formula is C12H20N2O2S. The molecule has 0 aliphatic rings. The van der Waals surface area contributed by atoms with Crippen LogP contribution in [0.2, 0.25) is 0 Å². The van der Waals surface area contributed by atoms with Crippen molar-refractivity contribution < 1.29 is 9.47 Å². The average molecular weight is 256 g/mol. The second kappa shape index (κ2) is 8.33. The third kappa shape index (κ3) is 5.39. The smallest absolute Gasteiger partial charge is 0.158 e. The Hall–Kier alpha value is -0.780. The minimum Gasteiger partial charge on any atom is -0.397 e. The highest BCUT2D eigenvalue weighted by molar-refractivity contribution is 7.99. The Morgan fingerprint density at radius 2 is 2.06 bits per heavy atom. The van der Waals surface area contributed by atoms with E-state index in [1.807, 2.05) is 19.9 Å². The first kappa shape index (κ1) is 14.3. The predicted molar refractivity (Wildman–Crippen MR) is 71.0 cm³/mol. The molecule has 0 fully saturated rings. The summed E-state index contributed by atoms with van der Waals surface area (Å²) in [6.07, 6.45) is 4.17. The first-order valence-corrected chi connectivity index (χ1v) is 6.82. The summed E-state index contributed by atoms with van der Waals surface area (Å²) in [5.74, 6) is 0.916. The Morgan fingerprint density at radius 1 is 1.35 bits per heavy atom. The molecule has 0 unspecified atom stereocenters. The molecule has 0 spiro atoms. The number of rotatable bonds is 8. The van der Waals surface area contributed by atoms with Crippen LogP contribution in [-0.4, -0.2) is 30.2 Å². The number of aromatic nitrogens is 1. The van der Waals surface area contributed by atoms with Crippen molar-refractivity contribution in [3.05, 3.63) is 18.5 Å². The molecule has 2 N–H and O–H groups in total. The van der Waals surface area contributed by atoms with E-state index in [1.165, 1.54) is 0 Å². The molecule has 0 amide bonds. The van der Waals surface area contributed by atoms with E-state index in [-0.39, 0.29) is 6.29 Å². The van der Waals surface area contributed by atoms with Crippen LogP contribution in [0.5, 0.6) is 0 Å². The molecule has 5 heteroatoms. The molecule has 0 aromatic carbocycles. The minimum atomic E-state index is -0.111. The molecular weight excluding hydrogens is 236 g/mol. The van der Waals surface area contributed by atoms with Crippen LogP contribution in [0, 0.1) is 0 Å². The lowest BCUT2D eigenvalue weighted by Crippen LogP contribution is -2.18. The van der Waals surface area contributed by atoms with Gasteiger partial charge in [-0.05, 0) is 19.9 Å². The molecule has 0 atom stereocenters. The van der Waals surface area contributed by atoms with Gasteiger partial charge in [-0.1, -0.05) is 0 Å². The molecule has 0 aliphatic carbocycles. The molecule has 1 heterocycles. The maximum absolute atomic E-state index is 5.81. The summed E-state index contributed by atoms with van der Waals surface area (Å²) in [4.78, 5) is 5.02. The lowest BCUT2D eigenvalue weighted by Gasteiger charge is -2.16. The highest BCUT2D eigenvalue weighted by Gasteiger charge is 2.08. The zero-order valence-corrected chi connectivity index (χ0v) is 11.2. The molecule has 1 rings (SSSR count). The first-order valence-electron chi connectivity index (χ1n) is 5.83. The minimum absolute atomic E-state index is 0.111. The number of hydrogen-bond acceptors (Lipinski definition) is 5. The predicted octanol–water partition coefficient (Wildman–Crippen LogP) is 2.55. The number of nitrogens with zero attached hydrogens (tertiary/aromatic N) is 1. The monoisotopic (exact) mass is 256 g/mol. The lowest BCUT2D eigenvalue weighted by atomic mass is 10.4. The van der Waals surface area contributed by atoms with Crippen LogP contribution >= 0.6 is 11.8 Å². The van der Waals surface area contributed by atoms with Crippen molar-refractivity contribution in [2.75, 3.05) is 24.7 Å². The van der Waals surface area contributed by atoms with Gasteiger partial charge in [-0.3, -0.25) is 4.98 Å². The van der Waals surface area contributed by atoms with Gasteiger partial charge in [0.2, 0.25) is 0 Å². The standard InChI is InChI=1S/C12H20N2O2S/c1-3-15-12(16-4-2)6-8-17-11-5-7-14-9-10(11)13/h5,7,9,12H,3-4,6,8,13H2,1-2H3. The molecule has 0 saturated carbocycles. The van der Waals surface area contributed by atoms with Crippen LogP contribution < -0.4 is 5.73 Å². The van der Waals surface area contributed by atoms with Gasteiger partial charge in [-0.15, -0.1) is 11.8 Å². The van der Waals surface area contributed by atoms with Crippen molar-refractivity contribution in [2.24, 2.45) is 0 Å². The van der Waals surface area contributed by atoms with E-state index < -0.39 is 0 Å². The molecule has 0 saturated heterocycles. The van der Waals surface area contributed by atoms with E-state index in [9.17, 15) is 0 Å². The Morgan fingerprint density at radius 3 is 2.65 bits per heavy atom. The van der Waals surface area contributed by atoms with Crippen molar-refractivity contribution in [1.82, 2.24) is 4.98 Å². The molecule has 4 nitrogen and oxygen atoms in total. The summed E-state index contributed by atoms with van der Waals surface area (Å²) < 4.78 is 10.9. The SMILES string of the molecule is CCOC(CCSc1ccncc1N)OCC. The van der Waals surface area contributed by atoms with Crippen LogP contribution in [0.25, 0.3) is 0 Å². The van der Waals surface area contributed by atoms with Crippen LogP contribution in [0.3, 0.4) is 0 Å². The number of nitrogens with two attached hydrogens (primary N) is 1. The van der Waals surface area contributed by atoms with Crippen molar-refractivity contribution in [3.8, 4) is 0 Å². The summed E-state index contributed by atoms with van der Waals surface area (Å²) in [5, 5.41) is 0. The molecule has 17 heavy (non-hydrogen) atoms. The van der Waals surface area contributed by atoms with Crippen LogP contribution in [-0.2, 0) is 9.47 Å². The quantitative estimate of drug-likeness (QED) is 0.572. The summed E-state index contributed by atoms with van der Waals surface area (Å²) in [5.41, 5.74) is 6.53. The Labute approximate surface area is 107 Å². The van der Waals surface area contributed by atoms with E-state index >= 15 is 0 Å². The van der Waals surface area contributed by atoms with Gasteiger partial charge in [0, 0.05) is 36.5 Å². The fourth-order valence-corrected chi connectivity index (χ4v) is 2.28. The average Bonchev–Trinajstić information content (AvgIpc) is 2.32. The van der Waals surface area contributed by atoms with Gasteiger partial charge in [-0.2, -0.15) is 0 Å². The third-order valence-electron chi connectivity index (χ3n) is 2.13. The third-order valence-corrected chi connectivity index (χ3v) is 3.25. The Balaban J connectivity index is 2.33. The van der Waals surface area contributed by atoms with Crippen LogP contribution in [0.1, 0.15) is 20.3 Å². The highest BCUT2D eigenvalue weighted by atomic mass is 32.2. The highest BCUT2D eigenvalue weighted by Crippen LogP contribution is 2.24. The fourth-order valence-electron chi connectivity index (χ4n) is 1.38. The molecule has 0 radical (unpaired) electrons. The van der Waals surface area contributed by atoms with Crippen LogP contribution in [0.4, 0.5) is 5.69 Å². The zero-order chi connectivity index (χ0) is 12.5. The number of thioether (sulfide) groups is 1. The topological polar surface area (TPSA) is 57.4 Å². The van der Waals surface area contributed by atoms with E-state index in [4.69, 9.17) is 15.2 Å². The Bertz CT molecular complexity index is 317. The second-order valence-corrected chi connectivity index (χ2v) is 4.53. The summed E-state index contributed by atoms with van der Waals surface area (Å²) in [7, 11) is 0. The molecule has 1 aromatic heterocycles. The summed E-state index contributed by atoms with van der Waals surface area (Å²) in [6.45, 7) is 5.29. The maximum atomic E-state index is 5.81. The Kier molecular flexibility index (Phi) is 7.00. The van der Waals surface area contributed by atoms with Crippen molar-refractivity contribution in [3.63, 3.8) is 0 Å². The summed E-state index contributed by atoms with van der Waals surface area (Å²) in [6, 6.07) is 1.93. The van der Waals surface area contributed by atoms with E-state index in [0.29, 0.717) is 13.2 Å². The molecule has 0 bridgehead atoms. The van der Waals surface area contributed by atoms with E-state index in [2.05, 4.69) is 4.98 Å². The van der Waals surface area contributed by atoms with E-state index in [1.54, 1.807) is 24.2 Å². The largest absolute Gasteiger partial charge is 0.397 e. The molecule has 96 valence electrons. The second-order valence-electron chi connectivity index (χ2n) is 3.39. The van der Waals surface area contributed by atoms with E-state index in [0.717, 1.165) is 22.8 Å². The normalized spacial score (nSPS) is 11.0. The zero-order valence-electron chi connectivity index (χ0n) is 10.4. The van der Waals surface area contributed by atoms with Crippen molar-refractivity contribution >= 4 is 17.4 Å². The number of pyridine rings is 1. The molecule has 0 aliphatic heterocycles. The number of ether oxygens (including phenoxy) is 2. The van der Waals surface area contributed by atoms with Crippen molar-refractivity contribution in [2.45, 2.75) is 31.5 Å². The van der Waals surface area contributed by atoms with Gasteiger partial charge in [0.15, 0.2) is 6.29 Å². The van der Waals surface area contributed by atoms with Gasteiger partial charge >= 0.3 is 0 Å². The number of nitrogen functional groups attached to an aromatic ring is 1. The van der Waals surface area contributed by atoms with Gasteiger partial charge in [-0.25, -0.2) is 0 Å². The summed E-state index contributed by atoms with van der Waals surface area (Å²) >= 11 is 1.70. The van der Waals surface area contributed by atoms with Gasteiger partial charge in [0.05, 0.1) is 11.9 Å². The lowest BCUT2D eigenvalue weighted by molar-refractivity contribution is -0.136. The first-order chi connectivity index (χ1) is 8.27. The van der Waals surface area contributed by atoms with Crippen molar-refractivity contribution in [1.29, 1.82) is 0 Å². The van der Waals surface area contributed by atoms with Crippen LogP contribution in [0.15, 0.2) is 23.4 Å². The fraction of sp³-hybridized carbons (Fsp3) is 0.583. The van der Waals surface area contributed by atoms with Gasteiger partial charge in [0.1, 0.15) is 0 Å². The maximum Gasteiger partial charge on any atom is 0.158 e. The van der Waals surface area contributed by atoms with Gasteiger partial charge < -0.3 is 15.2 Å². The van der Waals surface area contributed by atoms with Gasteiger partial charge in [0.25, 0.3) is 0 Å². The number of hydrogen-bond donors (Lipinski definition) is 1. The molecule has 1 aromatic rings.